The lowest BCUT2D eigenvalue weighted by atomic mass is 10.0. The lowest BCUT2D eigenvalue weighted by Crippen LogP contribution is -2.20. The molecule has 0 saturated carbocycles. The van der Waals surface area contributed by atoms with E-state index in [2.05, 4.69) is 20.5 Å². The van der Waals surface area contributed by atoms with E-state index in [9.17, 15) is 4.79 Å². The van der Waals surface area contributed by atoms with Crippen molar-refractivity contribution in [1.82, 2.24) is 19.7 Å². The Bertz CT molecular complexity index is 814. The normalized spacial score (nSPS) is 12.1. The second-order valence-electron chi connectivity index (χ2n) is 5.49. The zero-order chi connectivity index (χ0) is 17.6. The lowest BCUT2D eigenvalue weighted by molar-refractivity contribution is -0.116. The van der Waals surface area contributed by atoms with Crippen molar-refractivity contribution in [1.29, 1.82) is 0 Å². The summed E-state index contributed by atoms with van der Waals surface area (Å²) in [4.78, 5) is 16.6. The van der Waals surface area contributed by atoms with Gasteiger partial charge in [0.15, 0.2) is 5.82 Å². The molecule has 130 valence electrons. The van der Waals surface area contributed by atoms with Gasteiger partial charge in [0.1, 0.15) is 6.61 Å². The molecule has 3 aromatic rings. The molecule has 0 aliphatic heterocycles. The Balaban J connectivity index is 1.73. The number of H-pyrrole nitrogens is 1. The van der Waals surface area contributed by atoms with E-state index in [0.717, 1.165) is 5.56 Å². The number of nitrogens with one attached hydrogen (secondary N) is 2. The van der Waals surface area contributed by atoms with Crippen molar-refractivity contribution in [2.45, 2.75) is 19.1 Å². The molecule has 1 amide bonds. The van der Waals surface area contributed by atoms with E-state index in [4.69, 9.17) is 16.3 Å². The number of ether oxygens (including phenoxy) is 1. The predicted octanol–water partition coefficient (Wildman–Crippen LogP) is 3.02. The number of benzene rings is 1. The Hall–Kier alpha value is -2.64. The number of carbonyl (C=O) groups excluding carboxylic acids is 1. The van der Waals surface area contributed by atoms with Gasteiger partial charge >= 0.3 is 0 Å². The van der Waals surface area contributed by atoms with E-state index < -0.39 is 0 Å². The molecule has 0 radical (unpaired) electrons. The fraction of sp³-hybridized carbons (Fsp3) is 0.235. The van der Waals surface area contributed by atoms with Crippen LogP contribution in [0.1, 0.15) is 23.9 Å². The van der Waals surface area contributed by atoms with Crippen LogP contribution in [0.3, 0.4) is 0 Å². The highest BCUT2D eigenvalue weighted by Crippen LogP contribution is 2.24. The topological polar surface area (TPSA) is 84.8 Å². The van der Waals surface area contributed by atoms with Crippen LogP contribution in [0.2, 0.25) is 5.02 Å². The number of hydrogen-bond donors (Lipinski definition) is 2. The Morgan fingerprint density at radius 1 is 1.32 bits per heavy atom. The Morgan fingerprint density at radius 3 is 2.72 bits per heavy atom. The quantitative estimate of drug-likeness (QED) is 0.679. The Labute approximate surface area is 150 Å². The van der Waals surface area contributed by atoms with Gasteiger partial charge < -0.3 is 9.30 Å². The summed E-state index contributed by atoms with van der Waals surface area (Å²) >= 11 is 5.97. The van der Waals surface area contributed by atoms with E-state index in [1.165, 1.54) is 0 Å². The summed E-state index contributed by atoms with van der Waals surface area (Å²) in [7, 11) is 1.56. The van der Waals surface area contributed by atoms with Crippen molar-refractivity contribution in [3.8, 4) is 0 Å². The van der Waals surface area contributed by atoms with Crippen LogP contribution < -0.4 is 5.32 Å². The van der Waals surface area contributed by atoms with Gasteiger partial charge in [0.25, 0.3) is 0 Å². The van der Waals surface area contributed by atoms with Crippen LogP contribution in [0.5, 0.6) is 0 Å². The molecule has 2 N–H and O–H groups in total. The first-order valence-electron chi connectivity index (χ1n) is 7.73. The maximum absolute atomic E-state index is 12.4. The SMILES string of the molecule is COCc1nc(NC(=O)C[C@@H](c2ccc(Cl)cc2)n2cccc2)n[nH]1. The molecule has 1 atom stereocenters. The molecule has 0 fully saturated rings. The first-order chi connectivity index (χ1) is 12.2. The molecular formula is C17H18ClN5O2. The molecule has 0 aliphatic carbocycles. The summed E-state index contributed by atoms with van der Waals surface area (Å²) in [5.74, 6) is 0.605. The van der Waals surface area contributed by atoms with Crippen LogP contribution in [0.15, 0.2) is 48.8 Å². The van der Waals surface area contributed by atoms with Crippen molar-refractivity contribution >= 4 is 23.5 Å². The maximum Gasteiger partial charge on any atom is 0.248 e. The molecule has 0 spiro atoms. The number of anilines is 1. The summed E-state index contributed by atoms with van der Waals surface area (Å²) in [6.45, 7) is 0.305. The van der Waals surface area contributed by atoms with Gasteiger partial charge in [-0.25, -0.2) is 0 Å². The van der Waals surface area contributed by atoms with Crippen LogP contribution in [0.25, 0.3) is 0 Å². The number of rotatable bonds is 7. The van der Waals surface area contributed by atoms with Crippen molar-refractivity contribution in [2.75, 3.05) is 12.4 Å². The molecule has 2 heterocycles. The highest BCUT2D eigenvalue weighted by atomic mass is 35.5. The zero-order valence-corrected chi connectivity index (χ0v) is 14.4. The summed E-state index contributed by atoms with van der Waals surface area (Å²) in [6.07, 6.45) is 4.09. The van der Waals surface area contributed by atoms with Crippen LogP contribution >= 0.6 is 11.6 Å². The van der Waals surface area contributed by atoms with E-state index in [1.54, 1.807) is 7.11 Å². The number of aromatic amines is 1. The van der Waals surface area contributed by atoms with Crippen LogP contribution in [-0.2, 0) is 16.1 Å². The zero-order valence-electron chi connectivity index (χ0n) is 13.6. The highest BCUT2D eigenvalue weighted by Gasteiger charge is 2.18. The number of hydrogen-bond acceptors (Lipinski definition) is 4. The third-order valence-corrected chi connectivity index (χ3v) is 3.94. The van der Waals surface area contributed by atoms with Crippen molar-refractivity contribution in [3.63, 3.8) is 0 Å². The monoisotopic (exact) mass is 359 g/mol. The smallest absolute Gasteiger partial charge is 0.248 e. The first kappa shape index (κ1) is 17.2. The van der Waals surface area contributed by atoms with Gasteiger partial charge in [-0.1, -0.05) is 23.7 Å². The predicted molar refractivity (Wildman–Crippen MR) is 94.4 cm³/mol. The second-order valence-corrected chi connectivity index (χ2v) is 5.93. The molecule has 2 aromatic heterocycles. The summed E-state index contributed by atoms with van der Waals surface area (Å²) in [5.41, 5.74) is 0.991. The largest absolute Gasteiger partial charge is 0.377 e. The average molecular weight is 360 g/mol. The van der Waals surface area contributed by atoms with Crippen molar-refractivity contribution < 1.29 is 9.53 Å². The fourth-order valence-electron chi connectivity index (χ4n) is 2.54. The van der Waals surface area contributed by atoms with Gasteiger partial charge in [-0.05, 0) is 29.8 Å². The molecule has 0 aliphatic rings. The molecule has 8 heteroatoms. The van der Waals surface area contributed by atoms with Gasteiger partial charge in [0, 0.05) is 24.5 Å². The van der Waals surface area contributed by atoms with Crippen molar-refractivity contribution in [2.24, 2.45) is 0 Å². The van der Waals surface area contributed by atoms with Crippen molar-refractivity contribution in [3.05, 3.63) is 65.2 Å². The number of nitrogens with zero attached hydrogens (tertiary/aromatic N) is 3. The molecule has 7 nitrogen and oxygen atoms in total. The molecule has 0 bridgehead atoms. The van der Waals surface area contributed by atoms with E-state index in [1.807, 2.05) is 53.4 Å². The van der Waals surface area contributed by atoms with E-state index >= 15 is 0 Å². The molecule has 25 heavy (non-hydrogen) atoms. The number of methoxy groups -OCH3 is 1. The van der Waals surface area contributed by atoms with Crippen LogP contribution in [-0.4, -0.2) is 32.8 Å². The third-order valence-electron chi connectivity index (χ3n) is 3.68. The minimum Gasteiger partial charge on any atom is -0.377 e. The Morgan fingerprint density at radius 2 is 2.04 bits per heavy atom. The fourth-order valence-corrected chi connectivity index (χ4v) is 2.67. The maximum atomic E-state index is 12.4. The summed E-state index contributed by atoms with van der Waals surface area (Å²) in [5, 5.41) is 10.0. The Kier molecular flexibility index (Phi) is 5.47. The molecule has 1 aromatic carbocycles. The summed E-state index contributed by atoms with van der Waals surface area (Å²) < 4.78 is 6.95. The minimum atomic E-state index is -0.184. The van der Waals surface area contributed by atoms with Gasteiger partial charge in [0.2, 0.25) is 11.9 Å². The van der Waals surface area contributed by atoms with Gasteiger partial charge in [-0.3, -0.25) is 15.2 Å². The number of carbonyl (C=O) groups is 1. The van der Waals surface area contributed by atoms with E-state index in [0.29, 0.717) is 17.5 Å². The van der Waals surface area contributed by atoms with E-state index in [-0.39, 0.29) is 24.3 Å². The average Bonchev–Trinajstić information content (AvgIpc) is 3.26. The minimum absolute atomic E-state index is 0.148. The standard InChI is InChI=1S/C17H18ClN5O2/c1-25-11-15-19-17(22-21-15)20-16(24)10-14(23-8-2-3-9-23)12-4-6-13(18)7-5-12/h2-9,14H,10-11H2,1H3,(H2,19,20,21,22,24)/t14-/m0/s1. The molecular weight excluding hydrogens is 342 g/mol. The molecule has 0 unspecified atom stereocenters. The molecule has 3 rings (SSSR count). The number of aromatic nitrogens is 4. The van der Waals surface area contributed by atoms with Crippen LogP contribution in [0.4, 0.5) is 5.95 Å². The second kappa shape index (κ2) is 7.96. The first-order valence-corrected chi connectivity index (χ1v) is 8.11. The lowest BCUT2D eigenvalue weighted by Gasteiger charge is -2.19. The molecule has 0 saturated heterocycles. The summed E-state index contributed by atoms with van der Waals surface area (Å²) in [6, 6.07) is 11.2. The third kappa shape index (κ3) is 4.46. The van der Waals surface area contributed by atoms with Gasteiger partial charge in [-0.2, -0.15) is 4.98 Å². The van der Waals surface area contributed by atoms with Gasteiger partial charge in [0.05, 0.1) is 12.5 Å². The number of halogens is 1. The number of amides is 1. The highest BCUT2D eigenvalue weighted by molar-refractivity contribution is 6.30. The van der Waals surface area contributed by atoms with Gasteiger partial charge in [-0.15, -0.1) is 5.10 Å². The van der Waals surface area contributed by atoms with Crippen LogP contribution in [0, 0.1) is 0 Å².